The Balaban J connectivity index is 0.000000890. The van der Waals surface area contributed by atoms with Crippen LogP contribution in [0.15, 0.2) is 54.6 Å². The van der Waals surface area contributed by atoms with E-state index in [-0.39, 0.29) is 24.7 Å². The number of carbonyl (C=O) groups excluding carboxylic acids is 1. The molecule has 1 saturated carbocycles. The van der Waals surface area contributed by atoms with Crippen LogP contribution >= 0.6 is 11.6 Å². The SMILES string of the molecule is O=C(/C=C/c1ccc(O)cc1)O[C@@H]1C[C@@H](OCc2ccc(Cl)cc2)C[C@H](O)[C@H]1O.O=C(O)O. The van der Waals surface area contributed by atoms with Gasteiger partial charge in [0.25, 0.3) is 0 Å². The Bertz CT molecular complexity index is 924. The minimum Gasteiger partial charge on any atom is -0.508 e. The van der Waals surface area contributed by atoms with Crippen LogP contribution in [0.4, 0.5) is 4.79 Å². The van der Waals surface area contributed by atoms with Crippen LogP contribution in [0.25, 0.3) is 6.08 Å². The van der Waals surface area contributed by atoms with E-state index in [2.05, 4.69) is 0 Å². The van der Waals surface area contributed by atoms with E-state index in [1.807, 2.05) is 12.1 Å². The highest BCUT2D eigenvalue weighted by Crippen LogP contribution is 2.26. The van der Waals surface area contributed by atoms with Crippen molar-refractivity contribution in [2.24, 2.45) is 0 Å². The lowest BCUT2D eigenvalue weighted by molar-refractivity contribution is -0.171. The first-order valence-electron chi connectivity index (χ1n) is 9.96. The fourth-order valence-corrected chi connectivity index (χ4v) is 3.26. The number of ether oxygens (including phenoxy) is 2. The number of carboxylic acid groups (broad SMARTS) is 2. The summed E-state index contributed by atoms with van der Waals surface area (Å²) in [7, 11) is 0. The summed E-state index contributed by atoms with van der Waals surface area (Å²) in [6.07, 6.45) is -1.95. The normalized spacial score (nSPS) is 22.3. The Kier molecular flexibility index (Phi) is 10.1. The molecule has 0 amide bonds. The molecule has 33 heavy (non-hydrogen) atoms. The second-order valence-electron chi connectivity index (χ2n) is 7.27. The van der Waals surface area contributed by atoms with Crippen molar-refractivity contribution < 1.29 is 44.6 Å². The van der Waals surface area contributed by atoms with Crippen molar-refractivity contribution in [3.8, 4) is 5.75 Å². The van der Waals surface area contributed by atoms with E-state index in [4.69, 9.17) is 36.1 Å². The number of hydrogen-bond acceptors (Lipinski definition) is 7. The predicted molar refractivity (Wildman–Crippen MR) is 119 cm³/mol. The third kappa shape index (κ3) is 9.50. The molecule has 4 atom stereocenters. The summed E-state index contributed by atoms with van der Waals surface area (Å²) in [6, 6.07) is 13.6. The summed E-state index contributed by atoms with van der Waals surface area (Å²) in [5.41, 5.74) is 1.65. The first-order valence-corrected chi connectivity index (χ1v) is 10.3. The maximum absolute atomic E-state index is 12.1. The highest BCUT2D eigenvalue weighted by molar-refractivity contribution is 6.30. The molecule has 1 aliphatic rings. The predicted octanol–water partition coefficient (Wildman–Crippen LogP) is 3.29. The van der Waals surface area contributed by atoms with Gasteiger partial charge in [0.15, 0.2) is 0 Å². The van der Waals surface area contributed by atoms with Gasteiger partial charge in [-0.25, -0.2) is 9.59 Å². The van der Waals surface area contributed by atoms with Gasteiger partial charge in [0.2, 0.25) is 0 Å². The van der Waals surface area contributed by atoms with Crippen LogP contribution in [-0.4, -0.2) is 62.1 Å². The van der Waals surface area contributed by atoms with Gasteiger partial charge in [-0.05, 0) is 41.5 Å². The number of aliphatic hydroxyl groups is 2. The number of benzene rings is 2. The number of halogens is 1. The van der Waals surface area contributed by atoms with Crippen molar-refractivity contribution in [1.29, 1.82) is 0 Å². The zero-order valence-corrected chi connectivity index (χ0v) is 18.2. The largest absolute Gasteiger partial charge is 0.508 e. The molecular formula is C23H25ClO9. The lowest BCUT2D eigenvalue weighted by atomic mass is 9.89. The molecule has 0 bridgehead atoms. The maximum atomic E-state index is 12.1. The van der Waals surface area contributed by atoms with Gasteiger partial charge in [-0.1, -0.05) is 35.9 Å². The average Bonchev–Trinajstić information content (AvgIpc) is 2.76. The molecule has 0 spiro atoms. The zero-order chi connectivity index (χ0) is 24.4. The Morgan fingerprint density at radius 1 is 1.00 bits per heavy atom. The molecule has 2 aromatic carbocycles. The smallest absolute Gasteiger partial charge is 0.503 e. The summed E-state index contributed by atoms with van der Waals surface area (Å²) < 4.78 is 11.2. The highest BCUT2D eigenvalue weighted by Gasteiger charge is 2.38. The molecule has 0 aromatic heterocycles. The van der Waals surface area contributed by atoms with Gasteiger partial charge in [-0.15, -0.1) is 0 Å². The van der Waals surface area contributed by atoms with Crippen LogP contribution in [0.1, 0.15) is 24.0 Å². The number of esters is 1. The molecule has 1 fully saturated rings. The fourth-order valence-electron chi connectivity index (χ4n) is 3.14. The van der Waals surface area contributed by atoms with Crippen molar-refractivity contribution in [1.82, 2.24) is 0 Å². The quantitative estimate of drug-likeness (QED) is 0.309. The number of rotatable bonds is 6. The molecule has 2 aromatic rings. The first-order chi connectivity index (χ1) is 15.6. The molecule has 0 aliphatic heterocycles. The molecule has 0 radical (unpaired) electrons. The molecule has 0 unspecified atom stereocenters. The van der Waals surface area contributed by atoms with E-state index < -0.39 is 30.4 Å². The van der Waals surface area contributed by atoms with E-state index in [9.17, 15) is 20.1 Å². The lowest BCUT2D eigenvalue weighted by Crippen LogP contribution is -2.48. The third-order valence-electron chi connectivity index (χ3n) is 4.75. The van der Waals surface area contributed by atoms with Crippen LogP contribution in [0.3, 0.4) is 0 Å². The Hall–Kier alpha value is -3.11. The van der Waals surface area contributed by atoms with Crippen molar-refractivity contribution in [3.63, 3.8) is 0 Å². The molecule has 9 nitrogen and oxygen atoms in total. The topological polar surface area (TPSA) is 154 Å². The van der Waals surface area contributed by atoms with Gasteiger partial charge >= 0.3 is 12.1 Å². The summed E-state index contributed by atoms with van der Waals surface area (Å²) >= 11 is 5.87. The van der Waals surface area contributed by atoms with Crippen LogP contribution in [0, 0.1) is 0 Å². The number of aromatic hydroxyl groups is 1. The van der Waals surface area contributed by atoms with E-state index in [1.54, 1.807) is 30.3 Å². The lowest BCUT2D eigenvalue weighted by Gasteiger charge is -2.36. The van der Waals surface area contributed by atoms with E-state index >= 15 is 0 Å². The monoisotopic (exact) mass is 480 g/mol. The van der Waals surface area contributed by atoms with Gasteiger partial charge in [0.1, 0.15) is 18.0 Å². The van der Waals surface area contributed by atoms with Crippen LogP contribution in [-0.2, 0) is 20.9 Å². The second-order valence-corrected chi connectivity index (χ2v) is 7.71. The number of carbonyl (C=O) groups is 2. The van der Waals surface area contributed by atoms with Gasteiger partial charge < -0.3 is 35.0 Å². The molecule has 3 rings (SSSR count). The fraction of sp³-hybridized carbons (Fsp3) is 0.304. The van der Waals surface area contributed by atoms with Gasteiger partial charge in [-0.3, -0.25) is 0 Å². The molecular weight excluding hydrogens is 456 g/mol. The minimum absolute atomic E-state index is 0.133. The van der Waals surface area contributed by atoms with Crippen LogP contribution in [0.5, 0.6) is 5.75 Å². The highest BCUT2D eigenvalue weighted by atomic mass is 35.5. The maximum Gasteiger partial charge on any atom is 0.503 e. The number of phenols is 1. The first kappa shape index (κ1) is 26.1. The van der Waals surface area contributed by atoms with Gasteiger partial charge in [-0.2, -0.15) is 0 Å². The van der Waals surface area contributed by atoms with Crippen molar-refractivity contribution in [2.75, 3.05) is 0 Å². The number of hydrogen-bond donors (Lipinski definition) is 5. The molecule has 10 heteroatoms. The second kappa shape index (κ2) is 12.8. The molecule has 0 saturated heterocycles. The third-order valence-corrected chi connectivity index (χ3v) is 5.00. The van der Waals surface area contributed by atoms with Gasteiger partial charge in [0, 0.05) is 23.9 Å². The van der Waals surface area contributed by atoms with E-state index in [1.165, 1.54) is 18.2 Å². The average molecular weight is 481 g/mol. The van der Waals surface area contributed by atoms with Crippen molar-refractivity contribution in [2.45, 2.75) is 43.9 Å². The van der Waals surface area contributed by atoms with E-state index in [0.717, 1.165) is 5.56 Å². The summed E-state index contributed by atoms with van der Waals surface area (Å²) in [5, 5.41) is 44.2. The van der Waals surface area contributed by atoms with E-state index in [0.29, 0.717) is 17.2 Å². The summed E-state index contributed by atoms with van der Waals surface area (Å²) in [5.74, 6) is -0.499. The Morgan fingerprint density at radius 3 is 2.21 bits per heavy atom. The molecule has 5 N–H and O–H groups in total. The number of aliphatic hydroxyl groups excluding tert-OH is 2. The van der Waals surface area contributed by atoms with Crippen molar-refractivity contribution >= 4 is 29.8 Å². The van der Waals surface area contributed by atoms with Crippen molar-refractivity contribution in [3.05, 3.63) is 70.8 Å². The Labute approximate surface area is 195 Å². The van der Waals surface area contributed by atoms with Crippen LogP contribution in [0.2, 0.25) is 5.02 Å². The van der Waals surface area contributed by atoms with Crippen LogP contribution < -0.4 is 0 Å². The zero-order valence-electron chi connectivity index (χ0n) is 17.5. The molecule has 0 heterocycles. The number of phenolic OH excluding ortho intramolecular Hbond substituents is 1. The minimum atomic E-state index is -1.83. The summed E-state index contributed by atoms with van der Waals surface area (Å²) in [6.45, 7) is 0.325. The standard InChI is InChI=1S/C22H23ClO6.CH2O3/c23-16-6-1-15(2-7-16)13-28-18-11-19(25)22(27)20(12-18)29-21(26)10-5-14-3-8-17(24)9-4-14;2-1(3)4/h1-10,18-20,22,24-25,27H,11-13H2;(H2,2,3,4)/b10-5+;/t18-,19-,20+,22+;/m0./s1. The summed E-state index contributed by atoms with van der Waals surface area (Å²) in [4.78, 5) is 20.7. The molecule has 178 valence electrons. The van der Waals surface area contributed by atoms with Gasteiger partial charge in [0.05, 0.1) is 18.8 Å². The molecule has 1 aliphatic carbocycles. The Morgan fingerprint density at radius 2 is 1.61 bits per heavy atom.